The number of nitrogens with one attached hydrogen (secondary N) is 2. The van der Waals surface area contributed by atoms with Crippen molar-refractivity contribution in [3.05, 3.63) is 0 Å². The summed E-state index contributed by atoms with van der Waals surface area (Å²) in [7, 11) is 0. The van der Waals surface area contributed by atoms with Crippen molar-refractivity contribution in [2.45, 2.75) is 37.8 Å². The fourth-order valence-electron chi connectivity index (χ4n) is 3.40. The molecule has 2 saturated heterocycles. The lowest BCUT2D eigenvalue weighted by Crippen LogP contribution is -2.49. The van der Waals surface area contributed by atoms with Crippen molar-refractivity contribution >= 4 is 6.03 Å². The molecule has 5 nitrogen and oxygen atoms in total. The molecule has 2 amide bonds. The molecule has 0 aromatic heterocycles. The standard InChI is InChI=1S/C13H23N3O2/c17-13-15-12(10-3-1-2-4-10)8-16(13)7-11-9-18-6-5-14-11/h10-12,14H,1-9H2,(H,15,17). The van der Waals surface area contributed by atoms with Crippen LogP contribution in [0.5, 0.6) is 0 Å². The zero-order chi connectivity index (χ0) is 12.4. The Bertz CT molecular complexity index is 299. The summed E-state index contributed by atoms with van der Waals surface area (Å²) < 4.78 is 5.43. The van der Waals surface area contributed by atoms with Gasteiger partial charge in [0, 0.05) is 25.7 Å². The zero-order valence-corrected chi connectivity index (χ0v) is 10.9. The van der Waals surface area contributed by atoms with Gasteiger partial charge in [0.15, 0.2) is 0 Å². The zero-order valence-electron chi connectivity index (χ0n) is 10.9. The van der Waals surface area contributed by atoms with Gasteiger partial charge in [-0.1, -0.05) is 12.8 Å². The number of rotatable bonds is 3. The van der Waals surface area contributed by atoms with E-state index in [1.807, 2.05) is 4.90 Å². The average Bonchev–Trinajstić information content (AvgIpc) is 3.01. The molecule has 0 bridgehead atoms. The molecule has 0 spiro atoms. The van der Waals surface area contributed by atoms with Gasteiger partial charge in [-0.15, -0.1) is 0 Å². The van der Waals surface area contributed by atoms with Gasteiger partial charge in [0.25, 0.3) is 0 Å². The maximum Gasteiger partial charge on any atom is 0.317 e. The molecule has 3 fully saturated rings. The van der Waals surface area contributed by atoms with E-state index in [-0.39, 0.29) is 6.03 Å². The van der Waals surface area contributed by atoms with E-state index in [2.05, 4.69) is 10.6 Å². The Hall–Kier alpha value is -0.810. The highest BCUT2D eigenvalue weighted by molar-refractivity contribution is 5.77. The second kappa shape index (κ2) is 5.45. The molecule has 2 aliphatic heterocycles. The van der Waals surface area contributed by atoms with E-state index in [1.165, 1.54) is 25.7 Å². The first kappa shape index (κ1) is 12.2. The Morgan fingerprint density at radius 2 is 2.17 bits per heavy atom. The molecular weight excluding hydrogens is 230 g/mol. The van der Waals surface area contributed by atoms with Crippen LogP contribution in [0.2, 0.25) is 0 Å². The third-order valence-electron chi connectivity index (χ3n) is 4.42. The number of amides is 2. The average molecular weight is 253 g/mol. The van der Waals surface area contributed by atoms with Gasteiger partial charge in [-0.2, -0.15) is 0 Å². The van der Waals surface area contributed by atoms with Crippen LogP contribution in [-0.2, 0) is 4.74 Å². The molecule has 3 aliphatic rings. The van der Waals surface area contributed by atoms with Gasteiger partial charge in [-0.3, -0.25) is 0 Å². The maximum absolute atomic E-state index is 12.0. The minimum absolute atomic E-state index is 0.110. The van der Waals surface area contributed by atoms with Crippen LogP contribution < -0.4 is 10.6 Å². The second-order valence-corrected chi connectivity index (χ2v) is 5.73. The number of carbonyl (C=O) groups excluding carboxylic acids is 1. The fraction of sp³-hybridized carbons (Fsp3) is 0.923. The highest BCUT2D eigenvalue weighted by atomic mass is 16.5. The monoisotopic (exact) mass is 253 g/mol. The third kappa shape index (κ3) is 2.62. The van der Waals surface area contributed by atoms with E-state index in [0.717, 1.165) is 32.8 Å². The Labute approximate surface area is 108 Å². The molecule has 102 valence electrons. The summed E-state index contributed by atoms with van der Waals surface area (Å²) in [6.45, 7) is 4.05. The second-order valence-electron chi connectivity index (χ2n) is 5.73. The minimum Gasteiger partial charge on any atom is -0.378 e. The molecule has 5 heteroatoms. The lowest BCUT2D eigenvalue weighted by Gasteiger charge is -2.27. The molecule has 0 aromatic carbocycles. The molecule has 1 saturated carbocycles. The van der Waals surface area contributed by atoms with E-state index < -0.39 is 0 Å². The number of carbonyl (C=O) groups is 1. The number of nitrogens with zero attached hydrogens (tertiary/aromatic N) is 1. The molecule has 2 heterocycles. The van der Waals surface area contributed by atoms with Gasteiger partial charge >= 0.3 is 6.03 Å². The first-order valence-electron chi connectivity index (χ1n) is 7.19. The van der Waals surface area contributed by atoms with E-state index in [1.54, 1.807) is 0 Å². The summed E-state index contributed by atoms with van der Waals surface area (Å²) in [5, 5.41) is 6.56. The van der Waals surface area contributed by atoms with Gasteiger partial charge in [-0.25, -0.2) is 4.79 Å². The third-order valence-corrected chi connectivity index (χ3v) is 4.42. The molecule has 0 aromatic rings. The van der Waals surface area contributed by atoms with Gasteiger partial charge in [-0.05, 0) is 18.8 Å². The molecule has 2 N–H and O–H groups in total. The first-order chi connectivity index (χ1) is 8.83. The molecule has 18 heavy (non-hydrogen) atoms. The van der Waals surface area contributed by atoms with Gasteiger partial charge in [0.2, 0.25) is 0 Å². The van der Waals surface area contributed by atoms with E-state index in [0.29, 0.717) is 18.0 Å². The Kier molecular flexibility index (Phi) is 3.70. The van der Waals surface area contributed by atoms with Crippen molar-refractivity contribution in [1.29, 1.82) is 0 Å². The Morgan fingerprint density at radius 1 is 1.33 bits per heavy atom. The van der Waals surface area contributed by atoms with Crippen LogP contribution in [0.15, 0.2) is 0 Å². The smallest absolute Gasteiger partial charge is 0.317 e. The predicted octanol–water partition coefficient (Wildman–Crippen LogP) is 0.559. The normalized spacial score (nSPS) is 34.0. The van der Waals surface area contributed by atoms with Crippen LogP contribution in [0.4, 0.5) is 4.79 Å². The van der Waals surface area contributed by atoms with Gasteiger partial charge in [0.1, 0.15) is 0 Å². The molecule has 3 rings (SSSR count). The number of hydrogen-bond donors (Lipinski definition) is 2. The number of hydrogen-bond acceptors (Lipinski definition) is 3. The number of urea groups is 1. The Morgan fingerprint density at radius 3 is 2.89 bits per heavy atom. The van der Waals surface area contributed by atoms with Crippen molar-refractivity contribution in [3.63, 3.8) is 0 Å². The van der Waals surface area contributed by atoms with Crippen LogP contribution >= 0.6 is 0 Å². The lowest BCUT2D eigenvalue weighted by molar-refractivity contribution is 0.0677. The van der Waals surface area contributed by atoms with Crippen LogP contribution in [0.3, 0.4) is 0 Å². The van der Waals surface area contributed by atoms with Gasteiger partial charge in [0.05, 0.1) is 19.3 Å². The summed E-state index contributed by atoms with van der Waals surface area (Å²) in [5.74, 6) is 0.703. The highest BCUT2D eigenvalue weighted by Crippen LogP contribution is 2.29. The molecule has 1 aliphatic carbocycles. The molecular formula is C13H23N3O2. The van der Waals surface area contributed by atoms with Crippen molar-refractivity contribution in [2.75, 3.05) is 32.8 Å². The van der Waals surface area contributed by atoms with E-state index in [9.17, 15) is 4.79 Å². The van der Waals surface area contributed by atoms with Crippen LogP contribution in [0.1, 0.15) is 25.7 Å². The van der Waals surface area contributed by atoms with Crippen LogP contribution in [-0.4, -0.2) is 55.9 Å². The van der Waals surface area contributed by atoms with Crippen molar-refractivity contribution in [3.8, 4) is 0 Å². The maximum atomic E-state index is 12.0. The van der Waals surface area contributed by atoms with Crippen LogP contribution in [0.25, 0.3) is 0 Å². The minimum atomic E-state index is 0.110. The Balaban J connectivity index is 1.51. The molecule has 2 atom stereocenters. The van der Waals surface area contributed by atoms with E-state index >= 15 is 0 Å². The van der Waals surface area contributed by atoms with Gasteiger partial charge < -0.3 is 20.3 Å². The highest BCUT2D eigenvalue weighted by Gasteiger charge is 2.36. The number of ether oxygens (including phenoxy) is 1. The SMILES string of the molecule is O=C1NC(C2CCCC2)CN1CC1COCCN1. The summed E-state index contributed by atoms with van der Waals surface area (Å²) in [5.41, 5.74) is 0. The lowest BCUT2D eigenvalue weighted by atomic mass is 9.99. The topological polar surface area (TPSA) is 53.6 Å². The summed E-state index contributed by atoms with van der Waals surface area (Å²) >= 11 is 0. The summed E-state index contributed by atoms with van der Waals surface area (Å²) in [6.07, 6.45) is 5.22. The summed E-state index contributed by atoms with van der Waals surface area (Å²) in [6, 6.07) is 0.788. The molecule has 0 radical (unpaired) electrons. The van der Waals surface area contributed by atoms with Crippen molar-refractivity contribution in [2.24, 2.45) is 5.92 Å². The summed E-state index contributed by atoms with van der Waals surface area (Å²) in [4.78, 5) is 13.9. The van der Waals surface area contributed by atoms with E-state index in [4.69, 9.17) is 4.74 Å². The van der Waals surface area contributed by atoms with Crippen molar-refractivity contribution in [1.82, 2.24) is 15.5 Å². The fourth-order valence-corrected chi connectivity index (χ4v) is 3.40. The van der Waals surface area contributed by atoms with Crippen molar-refractivity contribution < 1.29 is 9.53 Å². The quantitative estimate of drug-likeness (QED) is 0.772. The first-order valence-corrected chi connectivity index (χ1v) is 7.19. The number of morpholine rings is 1. The predicted molar refractivity (Wildman–Crippen MR) is 68.5 cm³/mol. The molecule has 2 unspecified atom stereocenters. The largest absolute Gasteiger partial charge is 0.378 e. The van der Waals surface area contributed by atoms with Crippen LogP contribution in [0, 0.1) is 5.92 Å².